The second kappa shape index (κ2) is 8.33. The smallest absolute Gasteiger partial charge is 0.224 e. The molecule has 0 saturated carbocycles. The maximum absolute atomic E-state index is 12.6. The van der Waals surface area contributed by atoms with Crippen molar-refractivity contribution >= 4 is 16.8 Å². The number of nitrogens with one attached hydrogen (secondary N) is 2. The Morgan fingerprint density at radius 3 is 2.81 bits per heavy atom. The molecule has 0 bridgehead atoms. The van der Waals surface area contributed by atoms with Crippen LogP contribution in [0.4, 0.5) is 0 Å². The van der Waals surface area contributed by atoms with Crippen LogP contribution in [0.3, 0.4) is 0 Å². The lowest BCUT2D eigenvalue weighted by Crippen LogP contribution is -2.44. The third-order valence-corrected chi connectivity index (χ3v) is 5.03. The molecule has 2 aromatic heterocycles. The Morgan fingerprint density at radius 1 is 1.19 bits per heavy atom. The van der Waals surface area contributed by atoms with Gasteiger partial charge in [0.25, 0.3) is 0 Å². The molecule has 0 spiro atoms. The molecule has 1 saturated heterocycles. The van der Waals surface area contributed by atoms with Crippen molar-refractivity contribution in [3.05, 3.63) is 66.1 Å². The highest BCUT2D eigenvalue weighted by molar-refractivity contribution is 5.88. The number of H-pyrrole nitrogens is 1. The first kappa shape index (κ1) is 17.7. The predicted octanol–water partition coefficient (Wildman–Crippen LogP) is 2.30. The van der Waals surface area contributed by atoms with Crippen molar-refractivity contribution < 1.29 is 9.53 Å². The summed E-state index contributed by atoms with van der Waals surface area (Å²) in [4.78, 5) is 22.6. The third kappa shape index (κ3) is 4.18. The number of carbonyl (C=O) groups is 1. The van der Waals surface area contributed by atoms with E-state index in [0.717, 1.165) is 35.2 Å². The molecule has 0 radical (unpaired) electrons. The fourth-order valence-corrected chi connectivity index (χ4v) is 3.61. The standard InChI is InChI=1S/C21H24N4O2/c26-21(13-16-14-23-18-6-2-1-5-17(16)18)24-15-20(19-7-3-4-8-22-19)25-9-11-27-12-10-25/h1-8,14,20,23H,9-13,15H2,(H,24,26). The summed E-state index contributed by atoms with van der Waals surface area (Å²) in [5.41, 5.74) is 3.05. The molecule has 3 aromatic rings. The van der Waals surface area contributed by atoms with Crippen LogP contribution in [0.1, 0.15) is 17.3 Å². The first-order chi connectivity index (χ1) is 13.3. The number of carbonyl (C=O) groups excluding carboxylic acids is 1. The molecule has 6 heteroatoms. The number of hydrogen-bond acceptors (Lipinski definition) is 4. The lowest BCUT2D eigenvalue weighted by atomic mass is 10.1. The number of aromatic nitrogens is 2. The summed E-state index contributed by atoms with van der Waals surface area (Å²) in [7, 11) is 0. The number of pyridine rings is 1. The molecule has 140 valence electrons. The van der Waals surface area contributed by atoms with Crippen molar-refractivity contribution in [2.75, 3.05) is 32.8 Å². The highest BCUT2D eigenvalue weighted by atomic mass is 16.5. The largest absolute Gasteiger partial charge is 0.379 e. The number of aromatic amines is 1. The first-order valence-corrected chi connectivity index (χ1v) is 9.35. The number of hydrogen-bond donors (Lipinski definition) is 2. The van der Waals surface area contributed by atoms with Crippen LogP contribution in [0, 0.1) is 0 Å². The van der Waals surface area contributed by atoms with Crippen LogP contribution in [0.15, 0.2) is 54.9 Å². The first-order valence-electron chi connectivity index (χ1n) is 9.35. The van der Waals surface area contributed by atoms with Crippen LogP contribution in [-0.2, 0) is 16.0 Å². The summed E-state index contributed by atoms with van der Waals surface area (Å²) in [6.07, 6.45) is 4.08. The van der Waals surface area contributed by atoms with Crippen molar-refractivity contribution in [1.29, 1.82) is 0 Å². The zero-order valence-corrected chi connectivity index (χ0v) is 15.2. The van der Waals surface area contributed by atoms with E-state index in [2.05, 4.69) is 20.2 Å². The molecule has 1 aromatic carbocycles. The van der Waals surface area contributed by atoms with Gasteiger partial charge in [-0.3, -0.25) is 14.7 Å². The number of amides is 1. The van der Waals surface area contributed by atoms with Crippen LogP contribution in [0.2, 0.25) is 0 Å². The van der Waals surface area contributed by atoms with E-state index in [9.17, 15) is 4.79 Å². The number of para-hydroxylation sites is 1. The highest BCUT2D eigenvalue weighted by Crippen LogP contribution is 2.20. The maximum Gasteiger partial charge on any atom is 0.224 e. The Bertz CT molecular complexity index is 887. The van der Waals surface area contributed by atoms with Crippen LogP contribution in [0.5, 0.6) is 0 Å². The number of morpholine rings is 1. The van der Waals surface area contributed by atoms with E-state index in [4.69, 9.17) is 4.74 Å². The monoisotopic (exact) mass is 364 g/mol. The second-order valence-corrected chi connectivity index (χ2v) is 6.76. The minimum atomic E-state index is 0.0222. The van der Waals surface area contributed by atoms with Crippen molar-refractivity contribution in [2.24, 2.45) is 0 Å². The Labute approximate surface area is 158 Å². The molecule has 1 amide bonds. The van der Waals surface area contributed by atoms with Gasteiger partial charge in [0, 0.05) is 42.9 Å². The lowest BCUT2D eigenvalue weighted by Gasteiger charge is -2.34. The molecule has 1 fully saturated rings. The molecule has 1 atom stereocenters. The molecule has 2 N–H and O–H groups in total. The van der Waals surface area contributed by atoms with Crippen LogP contribution >= 0.6 is 0 Å². The molecule has 4 rings (SSSR count). The van der Waals surface area contributed by atoms with Gasteiger partial charge in [-0.05, 0) is 23.8 Å². The third-order valence-electron chi connectivity index (χ3n) is 5.03. The van der Waals surface area contributed by atoms with E-state index in [0.29, 0.717) is 26.2 Å². The van der Waals surface area contributed by atoms with Gasteiger partial charge >= 0.3 is 0 Å². The van der Waals surface area contributed by atoms with E-state index < -0.39 is 0 Å². The lowest BCUT2D eigenvalue weighted by molar-refractivity contribution is -0.120. The van der Waals surface area contributed by atoms with Gasteiger partial charge in [0.15, 0.2) is 0 Å². The summed E-state index contributed by atoms with van der Waals surface area (Å²) in [6.45, 7) is 3.66. The summed E-state index contributed by atoms with van der Waals surface area (Å²) in [6, 6.07) is 14.0. The zero-order valence-electron chi connectivity index (χ0n) is 15.2. The topological polar surface area (TPSA) is 70.2 Å². The van der Waals surface area contributed by atoms with Gasteiger partial charge in [-0.1, -0.05) is 24.3 Å². The van der Waals surface area contributed by atoms with E-state index in [-0.39, 0.29) is 11.9 Å². The van der Waals surface area contributed by atoms with Crippen LogP contribution in [0.25, 0.3) is 10.9 Å². The van der Waals surface area contributed by atoms with Gasteiger partial charge in [0.1, 0.15) is 0 Å². The minimum Gasteiger partial charge on any atom is -0.379 e. The quantitative estimate of drug-likeness (QED) is 0.704. The average molecular weight is 364 g/mol. The van der Waals surface area contributed by atoms with Crippen molar-refractivity contribution in [3.63, 3.8) is 0 Å². The normalized spacial score (nSPS) is 16.3. The van der Waals surface area contributed by atoms with E-state index in [1.54, 1.807) is 6.20 Å². The molecule has 3 heterocycles. The van der Waals surface area contributed by atoms with Gasteiger partial charge in [0.2, 0.25) is 5.91 Å². The fraction of sp³-hybridized carbons (Fsp3) is 0.333. The summed E-state index contributed by atoms with van der Waals surface area (Å²) in [5, 5.41) is 4.21. The van der Waals surface area contributed by atoms with Crippen molar-refractivity contribution in [1.82, 2.24) is 20.2 Å². The second-order valence-electron chi connectivity index (χ2n) is 6.76. The predicted molar refractivity (Wildman–Crippen MR) is 104 cm³/mol. The number of benzene rings is 1. The molecule has 1 unspecified atom stereocenters. The SMILES string of the molecule is O=C(Cc1c[nH]c2ccccc12)NCC(c1ccccn1)N1CCOCC1. The van der Waals surface area contributed by atoms with Crippen molar-refractivity contribution in [2.45, 2.75) is 12.5 Å². The summed E-state index contributed by atoms with van der Waals surface area (Å²) >= 11 is 0. The van der Waals surface area contributed by atoms with Gasteiger partial charge in [-0.25, -0.2) is 0 Å². The van der Waals surface area contributed by atoms with Crippen LogP contribution in [-0.4, -0.2) is 53.6 Å². The van der Waals surface area contributed by atoms with Gasteiger partial charge in [0.05, 0.1) is 31.4 Å². The molecule has 1 aliphatic heterocycles. The van der Waals surface area contributed by atoms with Gasteiger partial charge < -0.3 is 15.0 Å². The number of fused-ring (bicyclic) bond motifs is 1. The Hall–Kier alpha value is -2.70. The molecular weight excluding hydrogens is 340 g/mol. The van der Waals surface area contributed by atoms with Gasteiger partial charge in [-0.2, -0.15) is 0 Å². The summed E-state index contributed by atoms with van der Waals surface area (Å²) < 4.78 is 5.47. The van der Waals surface area contributed by atoms with E-state index >= 15 is 0 Å². The van der Waals surface area contributed by atoms with E-state index in [1.807, 2.05) is 48.7 Å². The number of ether oxygens (including phenoxy) is 1. The highest BCUT2D eigenvalue weighted by Gasteiger charge is 2.24. The Morgan fingerprint density at radius 2 is 2.00 bits per heavy atom. The zero-order chi connectivity index (χ0) is 18.5. The maximum atomic E-state index is 12.6. The molecular formula is C21H24N4O2. The minimum absolute atomic E-state index is 0.0222. The number of rotatable bonds is 6. The Kier molecular flexibility index (Phi) is 5.46. The van der Waals surface area contributed by atoms with Gasteiger partial charge in [-0.15, -0.1) is 0 Å². The molecule has 27 heavy (non-hydrogen) atoms. The number of nitrogens with zero attached hydrogens (tertiary/aromatic N) is 2. The fourth-order valence-electron chi connectivity index (χ4n) is 3.61. The average Bonchev–Trinajstić information content (AvgIpc) is 3.13. The van der Waals surface area contributed by atoms with Crippen LogP contribution < -0.4 is 5.32 Å². The molecule has 6 nitrogen and oxygen atoms in total. The molecule has 1 aliphatic rings. The van der Waals surface area contributed by atoms with E-state index in [1.165, 1.54) is 0 Å². The summed E-state index contributed by atoms with van der Waals surface area (Å²) in [5.74, 6) is 0.0222. The Balaban J connectivity index is 1.43. The molecule has 0 aliphatic carbocycles. The van der Waals surface area contributed by atoms with Crippen molar-refractivity contribution in [3.8, 4) is 0 Å².